The third kappa shape index (κ3) is 5.67. The summed E-state index contributed by atoms with van der Waals surface area (Å²) in [5.41, 5.74) is 2.06. The number of hydrogen-bond acceptors (Lipinski definition) is 6. The molecule has 0 atom stereocenters. The largest absolute Gasteiger partial charge is 0.424 e. The van der Waals surface area contributed by atoms with Gasteiger partial charge in [-0.05, 0) is 44.2 Å². The first-order chi connectivity index (χ1) is 15.2. The van der Waals surface area contributed by atoms with Crippen LogP contribution in [0.3, 0.4) is 0 Å². The maximum atomic E-state index is 6.00. The van der Waals surface area contributed by atoms with Gasteiger partial charge < -0.3 is 14.2 Å². The average molecular weight is 411 g/mol. The van der Waals surface area contributed by atoms with E-state index in [1.807, 2.05) is 105 Å². The Labute approximate surface area is 180 Å². The Bertz CT molecular complexity index is 1120. The summed E-state index contributed by atoms with van der Waals surface area (Å²) < 4.78 is 17.6. The van der Waals surface area contributed by atoms with Gasteiger partial charge in [-0.15, -0.1) is 15.0 Å². The third-order valence-electron chi connectivity index (χ3n) is 4.04. The minimum Gasteiger partial charge on any atom is -0.424 e. The highest BCUT2D eigenvalue weighted by molar-refractivity contribution is 5.59. The number of nitrogens with zero attached hydrogens (tertiary/aromatic N) is 3. The Morgan fingerprint density at radius 1 is 0.581 bits per heavy atom. The molecule has 0 aliphatic heterocycles. The van der Waals surface area contributed by atoms with Gasteiger partial charge in [-0.3, -0.25) is 0 Å². The van der Waals surface area contributed by atoms with E-state index in [1.165, 1.54) is 0 Å². The van der Waals surface area contributed by atoms with Crippen molar-refractivity contribution in [3.05, 3.63) is 96.1 Å². The molecular formula is C25H21N3O3. The normalized spacial score (nSPS) is 10.3. The second kappa shape index (κ2) is 9.54. The van der Waals surface area contributed by atoms with Crippen LogP contribution < -0.4 is 14.2 Å². The van der Waals surface area contributed by atoms with Crippen molar-refractivity contribution in [2.24, 2.45) is 0 Å². The fraction of sp³-hybridized carbons (Fsp3) is 0.0800. The van der Waals surface area contributed by atoms with Crippen LogP contribution in [-0.2, 0) is 0 Å². The first-order valence-electron chi connectivity index (χ1n) is 9.79. The van der Waals surface area contributed by atoms with Gasteiger partial charge in [-0.25, -0.2) is 0 Å². The SMILES string of the molecule is CC(C)=Cc1ccccc1Oc1nc(Oc2ccccc2)nc(Oc2ccccc2)n1. The maximum Gasteiger partial charge on any atom is 0.331 e. The lowest BCUT2D eigenvalue weighted by Crippen LogP contribution is -2.01. The summed E-state index contributed by atoms with van der Waals surface area (Å²) in [6, 6.07) is 26.4. The number of para-hydroxylation sites is 3. The lowest BCUT2D eigenvalue weighted by atomic mass is 10.1. The zero-order chi connectivity index (χ0) is 21.5. The highest BCUT2D eigenvalue weighted by atomic mass is 16.5. The molecule has 1 aromatic heterocycles. The van der Waals surface area contributed by atoms with Crippen LogP contribution in [0.25, 0.3) is 6.08 Å². The topological polar surface area (TPSA) is 66.4 Å². The quantitative estimate of drug-likeness (QED) is 0.338. The molecule has 0 aliphatic rings. The molecular weight excluding hydrogens is 390 g/mol. The van der Waals surface area contributed by atoms with E-state index < -0.39 is 0 Å². The van der Waals surface area contributed by atoms with Crippen molar-refractivity contribution < 1.29 is 14.2 Å². The molecule has 1 heterocycles. The Balaban J connectivity index is 1.68. The van der Waals surface area contributed by atoms with Crippen molar-refractivity contribution in [3.63, 3.8) is 0 Å². The summed E-state index contributed by atoms with van der Waals surface area (Å²) >= 11 is 0. The molecule has 0 unspecified atom stereocenters. The van der Waals surface area contributed by atoms with Crippen LogP contribution in [0.2, 0.25) is 0 Å². The van der Waals surface area contributed by atoms with Gasteiger partial charge in [0.2, 0.25) is 0 Å². The minimum absolute atomic E-state index is 0.0708. The van der Waals surface area contributed by atoms with Gasteiger partial charge in [0.1, 0.15) is 17.2 Å². The van der Waals surface area contributed by atoms with E-state index in [4.69, 9.17) is 14.2 Å². The molecule has 0 saturated heterocycles. The summed E-state index contributed by atoms with van der Waals surface area (Å²) in [6.45, 7) is 4.05. The molecule has 4 rings (SSSR count). The van der Waals surface area contributed by atoms with E-state index in [2.05, 4.69) is 15.0 Å². The van der Waals surface area contributed by atoms with E-state index in [9.17, 15) is 0 Å². The molecule has 0 bridgehead atoms. The third-order valence-corrected chi connectivity index (χ3v) is 4.04. The Hall–Kier alpha value is -4.19. The Morgan fingerprint density at radius 2 is 1.03 bits per heavy atom. The van der Waals surface area contributed by atoms with Crippen molar-refractivity contribution in [2.45, 2.75) is 13.8 Å². The van der Waals surface area contributed by atoms with Gasteiger partial charge in [-0.1, -0.05) is 66.2 Å². The van der Waals surface area contributed by atoms with Gasteiger partial charge in [0.25, 0.3) is 0 Å². The molecule has 0 aliphatic carbocycles. The van der Waals surface area contributed by atoms with Crippen molar-refractivity contribution in [1.82, 2.24) is 15.0 Å². The van der Waals surface area contributed by atoms with Crippen molar-refractivity contribution in [2.75, 3.05) is 0 Å². The monoisotopic (exact) mass is 411 g/mol. The van der Waals surface area contributed by atoms with E-state index in [0.717, 1.165) is 11.1 Å². The van der Waals surface area contributed by atoms with Crippen LogP contribution in [0, 0.1) is 0 Å². The number of rotatable bonds is 7. The summed E-state index contributed by atoms with van der Waals surface area (Å²) in [5, 5.41) is 0. The highest BCUT2D eigenvalue weighted by Crippen LogP contribution is 2.29. The van der Waals surface area contributed by atoms with E-state index in [-0.39, 0.29) is 18.0 Å². The molecule has 0 amide bonds. The van der Waals surface area contributed by atoms with Gasteiger partial charge in [-0.2, -0.15) is 0 Å². The van der Waals surface area contributed by atoms with Gasteiger partial charge in [0, 0.05) is 5.56 Å². The fourth-order valence-corrected chi connectivity index (χ4v) is 2.75. The molecule has 0 spiro atoms. The zero-order valence-corrected chi connectivity index (χ0v) is 17.2. The summed E-state index contributed by atoms with van der Waals surface area (Å²) in [6.07, 6.45) is 2.03. The number of hydrogen-bond donors (Lipinski definition) is 0. The zero-order valence-electron chi connectivity index (χ0n) is 17.2. The fourth-order valence-electron chi connectivity index (χ4n) is 2.75. The van der Waals surface area contributed by atoms with Crippen LogP contribution >= 0.6 is 0 Å². The Kier molecular flexibility index (Phi) is 6.18. The van der Waals surface area contributed by atoms with Gasteiger partial charge in [0.05, 0.1) is 0 Å². The van der Waals surface area contributed by atoms with Crippen LogP contribution in [0.4, 0.5) is 0 Å². The number of aromatic nitrogens is 3. The summed E-state index contributed by atoms with van der Waals surface area (Å²) in [5.74, 6) is 1.80. The molecule has 0 fully saturated rings. The van der Waals surface area contributed by atoms with E-state index >= 15 is 0 Å². The predicted molar refractivity (Wildman–Crippen MR) is 119 cm³/mol. The summed E-state index contributed by atoms with van der Waals surface area (Å²) in [4.78, 5) is 12.9. The molecule has 3 aromatic carbocycles. The second-order valence-electron chi connectivity index (χ2n) is 6.87. The molecule has 0 saturated carbocycles. The first kappa shape index (κ1) is 20.1. The highest BCUT2D eigenvalue weighted by Gasteiger charge is 2.14. The van der Waals surface area contributed by atoms with Crippen LogP contribution in [0.5, 0.6) is 35.3 Å². The van der Waals surface area contributed by atoms with Crippen molar-refractivity contribution >= 4 is 6.08 Å². The van der Waals surface area contributed by atoms with Crippen LogP contribution in [-0.4, -0.2) is 15.0 Å². The van der Waals surface area contributed by atoms with Gasteiger partial charge in [0.15, 0.2) is 0 Å². The van der Waals surface area contributed by atoms with Crippen LogP contribution in [0.1, 0.15) is 19.4 Å². The summed E-state index contributed by atoms with van der Waals surface area (Å²) in [7, 11) is 0. The van der Waals surface area contributed by atoms with E-state index in [1.54, 1.807) is 0 Å². The standard InChI is InChI=1S/C25H21N3O3/c1-18(2)17-19-11-9-10-16-22(19)31-25-27-23(29-20-12-5-3-6-13-20)26-24(28-25)30-21-14-7-4-8-15-21/h3-17H,1-2H3. The molecule has 4 aromatic rings. The molecule has 31 heavy (non-hydrogen) atoms. The first-order valence-corrected chi connectivity index (χ1v) is 9.79. The number of allylic oxidation sites excluding steroid dienone is 1. The van der Waals surface area contributed by atoms with Crippen LogP contribution in [0.15, 0.2) is 90.5 Å². The van der Waals surface area contributed by atoms with Crippen molar-refractivity contribution in [3.8, 4) is 35.3 Å². The molecule has 6 nitrogen and oxygen atoms in total. The average Bonchev–Trinajstić information content (AvgIpc) is 2.76. The van der Waals surface area contributed by atoms with E-state index in [0.29, 0.717) is 17.2 Å². The Morgan fingerprint density at radius 3 is 1.55 bits per heavy atom. The smallest absolute Gasteiger partial charge is 0.331 e. The predicted octanol–water partition coefficient (Wildman–Crippen LogP) is 6.67. The molecule has 0 N–H and O–H groups in total. The second-order valence-corrected chi connectivity index (χ2v) is 6.87. The van der Waals surface area contributed by atoms with Crippen molar-refractivity contribution in [1.29, 1.82) is 0 Å². The molecule has 0 radical (unpaired) electrons. The minimum atomic E-state index is 0.0708. The van der Waals surface area contributed by atoms with Gasteiger partial charge >= 0.3 is 18.0 Å². The lowest BCUT2D eigenvalue weighted by Gasteiger charge is -2.11. The number of benzene rings is 3. The maximum absolute atomic E-state index is 6.00. The lowest BCUT2D eigenvalue weighted by molar-refractivity contribution is 0.362. The number of ether oxygens (including phenoxy) is 3. The molecule has 6 heteroatoms. The molecule has 154 valence electrons.